The summed E-state index contributed by atoms with van der Waals surface area (Å²) in [6, 6.07) is -0.158. The minimum absolute atomic E-state index is 0.158. The first-order valence-corrected chi connectivity index (χ1v) is 7.81. The van der Waals surface area contributed by atoms with Gasteiger partial charge in [-0.15, -0.1) is 0 Å². The van der Waals surface area contributed by atoms with E-state index in [0.717, 1.165) is 38.7 Å². The SMILES string of the molecule is COCCC1(CNC(=O)NCC2(O)CCCC2)CCC1. The van der Waals surface area contributed by atoms with E-state index in [0.29, 0.717) is 13.1 Å². The van der Waals surface area contributed by atoms with Gasteiger partial charge < -0.3 is 20.5 Å². The third kappa shape index (κ3) is 4.09. The Hall–Kier alpha value is -0.810. The van der Waals surface area contributed by atoms with Crippen molar-refractivity contribution >= 4 is 6.03 Å². The molecule has 0 aromatic heterocycles. The highest BCUT2D eigenvalue weighted by Crippen LogP contribution is 2.43. The van der Waals surface area contributed by atoms with Gasteiger partial charge in [0.2, 0.25) is 0 Å². The summed E-state index contributed by atoms with van der Waals surface area (Å²) >= 11 is 0. The van der Waals surface area contributed by atoms with Crippen LogP contribution in [0.15, 0.2) is 0 Å². The van der Waals surface area contributed by atoms with Crippen LogP contribution >= 0.6 is 0 Å². The summed E-state index contributed by atoms with van der Waals surface area (Å²) in [5, 5.41) is 16.0. The van der Waals surface area contributed by atoms with Gasteiger partial charge in [-0.2, -0.15) is 0 Å². The lowest BCUT2D eigenvalue weighted by Gasteiger charge is -2.42. The molecule has 0 atom stereocenters. The van der Waals surface area contributed by atoms with E-state index in [1.807, 2.05) is 0 Å². The Morgan fingerprint density at radius 2 is 1.75 bits per heavy atom. The van der Waals surface area contributed by atoms with Crippen LogP contribution in [0.5, 0.6) is 0 Å². The van der Waals surface area contributed by atoms with Crippen LogP contribution in [0.3, 0.4) is 0 Å². The Labute approximate surface area is 121 Å². The summed E-state index contributed by atoms with van der Waals surface area (Å²) in [4.78, 5) is 11.8. The molecule has 2 fully saturated rings. The van der Waals surface area contributed by atoms with Crippen molar-refractivity contribution in [3.05, 3.63) is 0 Å². The van der Waals surface area contributed by atoms with E-state index in [-0.39, 0.29) is 11.4 Å². The van der Waals surface area contributed by atoms with E-state index in [2.05, 4.69) is 10.6 Å². The Balaban J connectivity index is 1.66. The van der Waals surface area contributed by atoms with E-state index in [4.69, 9.17) is 4.74 Å². The maximum Gasteiger partial charge on any atom is 0.314 e. The third-order valence-electron chi connectivity index (χ3n) is 4.99. The lowest BCUT2D eigenvalue weighted by Crippen LogP contribution is -2.49. The molecule has 116 valence electrons. The number of carbonyl (C=O) groups excluding carboxylic acids is 1. The highest BCUT2D eigenvalue weighted by atomic mass is 16.5. The Morgan fingerprint density at radius 3 is 2.30 bits per heavy atom. The minimum atomic E-state index is -0.679. The second kappa shape index (κ2) is 6.76. The van der Waals surface area contributed by atoms with Gasteiger partial charge in [0, 0.05) is 26.8 Å². The van der Waals surface area contributed by atoms with Crippen LogP contribution < -0.4 is 10.6 Å². The summed E-state index contributed by atoms with van der Waals surface area (Å²) in [6.45, 7) is 1.83. The normalized spacial score (nSPS) is 23.1. The van der Waals surface area contributed by atoms with Crippen LogP contribution in [0.25, 0.3) is 0 Å². The summed E-state index contributed by atoms with van der Waals surface area (Å²) < 4.78 is 5.15. The molecule has 2 aliphatic rings. The van der Waals surface area contributed by atoms with E-state index >= 15 is 0 Å². The van der Waals surface area contributed by atoms with Crippen molar-refractivity contribution in [2.75, 3.05) is 26.8 Å². The van der Waals surface area contributed by atoms with Crippen LogP contribution in [0.4, 0.5) is 4.79 Å². The Kier molecular flexibility index (Phi) is 5.27. The number of urea groups is 1. The van der Waals surface area contributed by atoms with Crippen molar-refractivity contribution in [1.29, 1.82) is 0 Å². The van der Waals surface area contributed by atoms with Crippen molar-refractivity contribution < 1.29 is 14.6 Å². The zero-order chi connectivity index (χ0) is 14.5. The maximum atomic E-state index is 11.8. The molecule has 2 rings (SSSR count). The van der Waals surface area contributed by atoms with E-state index in [9.17, 15) is 9.90 Å². The van der Waals surface area contributed by atoms with Gasteiger partial charge in [0.15, 0.2) is 0 Å². The van der Waals surface area contributed by atoms with Gasteiger partial charge in [0.25, 0.3) is 0 Å². The number of nitrogens with one attached hydrogen (secondary N) is 2. The Morgan fingerprint density at radius 1 is 1.10 bits per heavy atom. The number of rotatable bonds is 7. The fraction of sp³-hybridized carbons (Fsp3) is 0.933. The van der Waals surface area contributed by atoms with Gasteiger partial charge in [0.05, 0.1) is 5.60 Å². The van der Waals surface area contributed by atoms with Crippen LogP contribution in [-0.4, -0.2) is 43.5 Å². The second-order valence-corrected chi connectivity index (χ2v) is 6.56. The van der Waals surface area contributed by atoms with Crippen molar-refractivity contribution in [2.45, 2.75) is 57.0 Å². The molecule has 0 bridgehead atoms. The first kappa shape index (κ1) is 15.6. The van der Waals surface area contributed by atoms with Gasteiger partial charge in [-0.1, -0.05) is 19.3 Å². The molecule has 2 amide bonds. The molecule has 0 aromatic carbocycles. The smallest absolute Gasteiger partial charge is 0.314 e. The molecule has 2 aliphatic carbocycles. The number of aliphatic hydroxyl groups is 1. The number of amides is 2. The molecule has 0 aliphatic heterocycles. The Bertz CT molecular complexity index is 323. The number of methoxy groups -OCH3 is 1. The second-order valence-electron chi connectivity index (χ2n) is 6.56. The molecule has 0 heterocycles. The molecule has 5 heteroatoms. The molecule has 0 aromatic rings. The lowest BCUT2D eigenvalue weighted by atomic mass is 9.67. The standard InChI is InChI=1S/C15H28N2O3/c1-20-10-9-14(5-4-6-14)11-16-13(18)17-12-15(19)7-2-3-8-15/h19H,2-12H2,1H3,(H2,16,17,18). The fourth-order valence-electron chi connectivity index (χ4n) is 3.30. The number of hydrogen-bond acceptors (Lipinski definition) is 3. The number of carbonyl (C=O) groups is 1. The third-order valence-corrected chi connectivity index (χ3v) is 4.99. The van der Waals surface area contributed by atoms with Crippen LogP contribution in [0.2, 0.25) is 0 Å². The summed E-state index contributed by atoms with van der Waals surface area (Å²) in [7, 11) is 1.72. The van der Waals surface area contributed by atoms with Crippen LogP contribution in [0, 0.1) is 5.41 Å². The predicted octanol–water partition coefficient (Wildman–Crippen LogP) is 1.80. The van der Waals surface area contributed by atoms with Crippen molar-refractivity contribution in [3.63, 3.8) is 0 Å². The monoisotopic (exact) mass is 284 g/mol. The quantitative estimate of drug-likeness (QED) is 0.667. The number of hydrogen-bond donors (Lipinski definition) is 3. The molecule has 2 saturated carbocycles. The molecule has 0 saturated heterocycles. The predicted molar refractivity (Wildman–Crippen MR) is 77.6 cm³/mol. The van der Waals surface area contributed by atoms with E-state index in [1.54, 1.807) is 7.11 Å². The van der Waals surface area contributed by atoms with Crippen molar-refractivity contribution in [2.24, 2.45) is 5.41 Å². The van der Waals surface area contributed by atoms with Crippen molar-refractivity contribution in [1.82, 2.24) is 10.6 Å². The lowest BCUT2D eigenvalue weighted by molar-refractivity contribution is 0.0490. The molecular weight excluding hydrogens is 256 g/mol. The maximum absolute atomic E-state index is 11.8. The van der Waals surface area contributed by atoms with Gasteiger partial charge >= 0.3 is 6.03 Å². The molecule has 20 heavy (non-hydrogen) atoms. The summed E-state index contributed by atoms with van der Waals surface area (Å²) in [5.41, 5.74) is -0.445. The summed E-state index contributed by atoms with van der Waals surface area (Å²) in [6.07, 6.45) is 8.29. The first-order chi connectivity index (χ1) is 9.58. The zero-order valence-corrected chi connectivity index (χ0v) is 12.5. The fourth-order valence-corrected chi connectivity index (χ4v) is 3.30. The summed E-state index contributed by atoms with van der Waals surface area (Å²) in [5.74, 6) is 0. The van der Waals surface area contributed by atoms with E-state index < -0.39 is 5.60 Å². The molecule has 0 unspecified atom stereocenters. The average molecular weight is 284 g/mol. The highest BCUT2D eigenvalue weighted by molar-refractivity contribution is 5.73. The van der Waals surface area contributed by atoms with Crippen LogP contribution in [-0.2, 0) is 4.74 Å². The average Bonchev–Trinajstić information content (AvgIpc) is 2.82. The molecule has 0 spiro atoms. The zero-order valence-electron chi connectivity index (χ0n) is 12.5. The van der Waals surface area contributed by atoms with Gasteiger partial charge in [0.1, 0.15) is 0 Å². The molecule has 3 N–H and O–H groups in total. The highest BCUT2D eigenvalue weighted by Gasteiger charge is 2.37. The van der Waals surface area contributed by atoms with E-state index in [1.165, 1.54) is 19.3 Å². The van der Waals surface area contributed by atoms with Gasteiger partial charge in [-0.05, 0) is 37.5 Å². The number of ether oxygens (including phenoxy) is 1. The first-order valence-electron chi connectivity index (χ1n) is 7.81. The minimum Gasteiger partial charge on any atom is -0.388 e. The van der Waals surface area contributed by atoms with Crippen molar-refractivity contribution in [3.8, 4) is 0 Å². The van der Waals surface area contributed by atoms with Gasteiger partial charge in [-0.25, -0.2) is 4.79 Å². The molecular formula is C15H28N2O3. The molecule has 0 radical (unpaired) electrons. The largest absolute Gasteiger partial charge is 0.388 e. The topological polar surface area (TPSA) is 70.6 Å². The molecule has 5 nitrogen and oxygen atoms in total. The van der Waals surface area contributed by atoms with Gasteiger partial charge in [-0.3, -0.25) is 0 Å². The van der Waals surface area contributed by atoms with Crippen LogP contribution in [0.1, 0.15) is 51.4 Å².